The van der Waals surface area contributed by atoms with E-state index in [1.54, 1.807) is 0 Å². The van der Waals surface area contributed by atoms with Crippen LogP contribution in [0.15, 0.2) is 0 Å². The van der Waals surface area contributed by atoms with Crippen molar-refractivity contribution in [1.82, 2.24) is 4.90 Å². The number of rotatable bonds is 1. The summed E-state index contributed by atoms with van der Waals surface area (Å²) in [6.07, 6.45) is 2.65. The van der Waals surface area contributed by atoms with Crippen LogP contribution >= 0.6 is 0 Å². The number of hydrogen-bond acceptors (Lipinski definition) is 1. The Bertz CT molecular complexity index is 67.3. The van der Waals surface area contributed by atoms with E-state index in [-0.39, 0.29) is 20.4 Å². The van der Waals surface area contributed by atoms with Crippen molar-refractivity contribution in [2.75, 3.05) is 6.54 Å². The zero-order chi connectivity index (χ0) is 5.98. The molecule has 1 aliphatic heterocycles. The van der Waals surface area contributed by atoms with E-state index in [0.717, 1.165) is 6.04 Å². The van der Waals surface area contributed by atoms with E-state index < -0.39 is 0 Å². The van der Waals surface area contributed by atoms with Crippen LogP contribution in [-0.2, 0) is 20.4 Å². The smallest absolute Gasteiger partial charge is 0 e. The molecular formula is C7H14NRe-. The standard InChI is InChI=1S/C7H14N.Re/c1-7(2)8-5-3-4-6-8;/h5,7H,3-4,6H2,1-2H3;/q-1;. The molecule has 1 aliphatic rings. The molecule has 0 amide bonds. The van der Waals surface area contributed by atoms with E-state index in [4.69, 9.17) is 0 Å². The molecule has 55 valence electrons. The summed E-state index contributed by atoms with van der Waals surface area (Å²) < 4.78 is 0. The fraction of sp³-hybridized carbons (Fsp3) is 0.857. The molecule has 1 radical (unpaired) electrons. The summed E-state index contributed by atoms with van der Waals surface area (Å²) in [5.41, 5.74) is 0. The van der Waals surface area contributed by atoms with Gasteiger partial charge in [-0.15, -0.1) is 0 Å². The minimum Gasteiger partial charge on any atom is -0.454 e. The monoisotopic (exact) mass is 299 g/mol. The Morgan fingerprint density at radius 1 is 1.44 bits per heavy atom. The predicted molar refractivity (Wildman–Crippen MR) is 35.4 cm³/mol. The summed E-state index contributed by atoms with van der Waals surface area (Å²) in [6.45, 7) is 8.06. The normalized spacial score (nSPS) is 20.3. The van der Waals surface area contributed by atoms with Crippen LogP contribution in [0, 0.1) is 6.54 Å². The van der Waals surface area contributed by atoms with Gasteiger partial charge in [0, 0.05) is 20.4 Å². The Balaban J connectivity index is 0.000000640. The summed E-state index contributed by atoms with van der Waals surface area (Å²) in [7, 11) is 0. The predicted octanol–water partition coefficient (Wildman–Crippen LogP) is 1.65. The van der Waals surface area contributed by atoms with E-state index in [1.165, 1.54) is 19.4 Å². The molecule has 0 aromatic rings. The second-order valence-corrected chi connectivity index (χ2v) is 2.66. The van der Waals surface area contributed by atoms with Gasteiger partial charge in [0.15, 0.2) is 0 Å². The van der Waals surface area contributed by atoms with Crippen molar-refractivity contribution >= 4 is 0 Å². The average molecular weight is 298 g/mol. The van der Waals surface area contributed by atoms with Crippen molar-refractivity contribution in [2.24, 2.45) is 0 Å². The summed E-state index contributed by atoms with van der Waals surface area (Å²) >= 11 is 0. The quantitative estimate of drug-likeness (QED) is 0.665. The Kier molecular flexibility index (Phi) is 4.75. The second-order valence-electron chi connectivity index (χ2n) is 2.66. The van der Waals surface area contributed by atoms with Gasteiger partial charge in [-0.3, -0.25) is 6.54 Å². The van der Waals surface area contributed by atoms with E-state index in [0.29, 0.717) is 0 Å². The molecule has 1 fully saturated rings. The SMILES string of the molecule is CC(C)N1[CH-]CCC1.[Re]. The second kappa shape index (κ2) is 4.44. The van der Waals surface area contributed by atoms with Gasteiger partial charge < -0.3 is 4.90 Å². The van der Waals surface area contributed by atoms with E-state index in [2.05, 4.69) is 25.3 Å². The van der Waals surface area contributed by atoms with Gasteiger partial charge in [-0.1, -0.05) is 20.3 Å². The Labute approximate surface area is 71.5 Å². The van der Waals surface area contributed by atoms with Crippen LogP contribution in [0.5, 0.6) is 0 Å². The molecule has 1 heterocycles. The number of hydrogen-bond donors (Lipinski definition) is 0. The third kappa shape index (κ3) is 2.80. The molecule has 0 atom stereocenters. The molecule has 0 aromatic heterocycles. The molecule has 1 saturated heterocycles. The van der Waals surface area contributed by atoms with Crippen LogP contribution in [0.2, 0.25) is 0 Å². The van der Waals surface area contributed by atoms with Crippen LogP contribution in [0.25, 0.3) is 0 Å². The molecule has 0 aliphatic carbocycles. The van der Waals surface area contributed by atoms with Crippen molar-refractivity contribution in [3.63, 3.8) is 0 Å². The fourth-order valence-electron chi connectivity index (χ4n) is 1.09. The first kappa shape index (κ1) is 9.62. The first-order chi connectivity index (χ1) is 3.80. The van der Waals surface area contributed by atoms with Gasteiger partial charge in [0.1, 0.15) is 0 Å². The molecule has 0 bridgehead atoms. The van der Waals surface area contributed by atoms with Crippen molar-refractivity contribution in [2.45, 2.75) is 32.7 Å². The minimum absolute atomic E-state index is 0. The zero-order valence-corrected chi connectivity index (χ0v) is 8.82. The largest absolute Gasteiger partial charge is 0.454 e. The molecular weight excluding hydrogens is 284 g/mol. The van der Waals surface area contributed by atoms with E-state index in [9.17, 15) is 0 Å². The molecule has 2 heteroatoms. The Hall–Kier alpha value is 0.622. The van der Waals surface area contributed by atoms with Gasteiger partial charge in [-0.05, 0) is 12.6 Å². The van der Waals surface area contributed by atoms with Crippen molar-refractivity contribution in [1.29, 1.82) is 0 Å². The molecule has 1 rings (SSSR count). The zero-order valence-electron chi connectivity index (χ0n) is 6.10. The fourth-order valence-corrected chi connectivity index (χ4v) is 1.09. The van der Waals surface area contributed by atoms with Crippen molar-refractivity contribution in [3.05, 3.63) is 6.54 Å². The summed E-state index contributed by atoms with van der Waals surface area (Å²) in [6, 6.07) is 0.720. The minimum atomic E-state index is 0. The van der Waals surface area contributed by atoms with E-state index >= 15 is 0 Å². The maximum atomic E-state index is 2.40. The Morgan fingerprint density at radius 2 is 2.11 bits per heavy atom. The van der Waals surface area contributed by atoms with Gasteiger partial charge in [0.25, 0.3) is 0 Å². The third-order valence-electron chi connectivity index (χ3n) is 1.65. The van der Waals surface area contributed by atoms with Gasteiger partial charge in [0.05, 0.1) is 0 Å². The number of nitrogens with zero attached hydrogens (tertiary/aromatic N) is 1. The molecule has 0 unspecified atom stereocenters. The van der Waals surface area contributed by atoms with Crippen LogP contribution in [0.3, 0.4) is 0 Å². The molecule has 0 saturated carbocycles. The summed E-state index contributed by atoms with van der Waals surface area (Å²) in [5, 5.41) is 0. The first-order valence-corrected chi connectivity index (χ1v) is 3.40. The molecule has 9 heavy (non-hydrogen) atoms. The number of likely N-dealkylation sites (tertiary alicyclic amines) is 1. The van der Waals surface area contributed by atoms with Gasteiger partial charge in [-0.2, -0.15) is 6.42 Å². The summed E-state index contributed by atoms with van der Waals surface area (Å²) in [4.78, 5) is 2.40. The molecule has 0 N–H and O–H groups in total. The van der Waals surface area contributed by atoms with Crippen molar-refractivity contribution < 1.29 is 20.4 Å². The van der Waals surface area contributed by atoms with Gasteiger partial charge in [0.2, 0.25) is 0 Å². The molecule has 0 spiro atoms. The molecule has 1 nitrogen and oxygen atoms in total. The van der Waals surface area contributed by atoms with E-state index in [1.807, 2.05) is 0 Å². The van der Waals surface area contributed by atoms with Gasteiger partial charge >= 0.3 is 0 Å². The average Bonchev–Trinajstić information content (AvgIpc) is 2.12. The van der Waals surface area contributed by atoms with Crippen molar-refractivity contribution in [3.8, 4) is 0 Å². The van der Waals surface area contributed by atoms with Gasteiger partial charge in [-0.25, -0.2) is 0 Å². The van der Waals surface area contributed by atoms with Crippen LogP contribution in [0.1, 0.15) is 26.7 Å². The Morgan fingerprint density at radius 3 is 2.33 bits per heavy atom. The third-order valence-corrected chi connectivity index (χ3v) is 1.65. The van der Waals surface area contributed by atoms with Crippen LogP contribution < -0.4 is 0 Å². The topological polar surface area (TPSA) is 3.24 Å². The van der Waals surface area contributed by atoms with Crippen LogP contribution in [-0.4, -0.2) is 17.5 Å². The summed E-state index contributed by atoms with van der Waals surface area (Å²) in [5.74, 6) is 0. The van der Waals surface area contributed by atoms with Crippen LogP contribution in [0.4, 0.5) is 0 Å². The maximum absolute atomic E-state index is 2.40. The molecule has 0 aromatic carbocycles. The maximum Gasteiger partial charge on any atom is 0 e. The first-order valence-electron chi connectivity index (χ1n) is 3.40.